The van der Waals surface area contributed by atoms with Crippen LogP contribution in [0.2, 0.25) is 0 Å². The number of rotatable bonds is 2. The molecule has 0 spiro atoms. The summed E-state index contributed by atoms with van der Waals surface area (Å²) >= 11 is 1.32. The van der Waals surface area contributed by atoms with Crippen LogP contribution in [0.15, 0.2) is 22.0 Å². The Morgan fingerprint density at radius 2 is 1.86 bits per heavy atom. The maximum Gasteiger partial charge on any atom is 0.270 e. The van der Waals surface area contributed by atoms with Crippen LogP contribution in [0, 0.1) is 24.4 Å². The van der Waals surface area contributed by atoms with E-state index < -0.39 is 17.5 Å². The summed E-state index contributed by atoms with van der Waals surface area (Å²) in [4.78, 5) is 4.61. The number of aryl methyl sites for hydroxylation is 1. The summed E-state index contributed by atoms with van der Waals surface area (Å²) in [7, 11) is 0. The molecule has 21 heavy (non-hydrogen) atoms. The monoisotopic (exact) mass is 311 g/mol. The fourth-order valence-corrected chi connectivity index (χ4v) is 2.63. The average molecular weight is 311 g/mol. The third-order valence-corrected chi connectivity index (χ3v) is 3.99. The molecule has 4 nitrogen and oxygen atoms in total. The molecule has 2 aromatic heterocycles. The quantitative estimate of drug-likeness (QED) is 0.732. The Labute approximate surface area is 121 Å². The van der Waals surface area contributed by atoms with Crippen molar-refractivity contribution in [1.29, 1.82) is 0 Å². The first-order valence-corrected chi connectivity index (χ1v) is 6.68. The lowest BCUT2D eigenvalue weighted by Gasteiger charge is -1.98. The number of anilines is 1. The molecule has 0 aliphatic carbocycles. The molecule has 0 aliphatic rings. The molecule has 0 aliphatic heterocycles. The van der Waals surface area contributed by atoms with Gasteiger partial charge in [0, 0.05) is 5.56 Å². The smallest absolute Gasteiger partial charge is 0.270 e. The molecule has 8 heteroatoms. The fourth-order valence-electron chi connectivity index (χ4n) is 1.74. The van der Waals surface area contributed by atoms with Gasteiger partial charge in [-0.2, -0.15) is 4.98 Å². The van der Waals surface area contributed by atoms with E-state index >= 15 is 0 Å². The van der Waals surface area contributed by atoms with Crippen molar-refractivity contribution < 1.29 is 17.7 Å². The minimum absolute atomic E-state index is 0.0201. The van der Waals surface area contributed by atoms with Crippen LogP contribution in [0.25, 0.3) is 22.2 Å². The van der Waals surface area contributed by atoms with E-state index in [1.165, 1.54) is 11.3 Å². The molecular formula is C13H8F3N3OS. The summed E-state index contributed by atoms with van der Waals surface area (Å²) < 4.78 is 44.4. The summed E-state index contributed by atoms with van der Waals surface area (Å²) in [6.07, 6.45) is 0. The third kappa shape index (κ3) is 2.27. The third-order valence-electron chi connectivity index (χ3n) is 2.89. The van der Waals surface area contributed by atoms with Crippen LogP contribution >= 0.6 is 11.3 Å². The summed E-state index contributed by atoms with van der Waals surface area (Å²) in [5.74, 6) is -4.08. The number of nitrogens with zero attached hydrogens (tertiary/aromatic N) is 2. The van der Waals surface area contributed by atoms with Gasteiger partial charge in [-0.3, -0.25) is 0 Å². The maximum absolute atomic E-state index is 13.2. The highest BCUT2D eigenvalue weighted by Crippen LogP contribution is 2.34. The Morgan fingerprint density at radius 3 is 2.43 bits per heavy atom. The van der Waals surface area contributed by atoms with Gasteiger partial charge >= 0.3 is 0 Å². The van der Waals surface area contributed by atoms with Crippen LogP contribution in [-0.4, -0.2) is 10.1 Å². The second kappa shape index (κ2) is 4.88. The zero-order chi connectivity index (χ0) is 15.1. The summed E-state index contributed by atoms with van der Waals surface area (Å²) in [6.45, 7) is 1.83. The molecule has 2 N–H and O–H groups in total. The SMILES string of the molecule is Cc1csc(-c2nc(-c3cc(F)c(F)c(F)c3)no2)c1N. The second-order valence-electron chi connectivity index (χ2n) is 4.34. The summed E-state index contributed by atoms with van der Waals surface area (Å²) in [5, 5.41) is 5.46. The number of nitrogens with two attached hydrogens (primary N) is 1. The number of hydrogen-bond donors (Lipinski definition) is 1. The van der Waals surface area contributed by atoms with Gasteiger partial charge in [0.25, 0.3) is 5.89 Å². The van der Waals surface area contributed by atoms with Gasteiger partial charge < -0.3 is 10.3 Å². The molecule has 0 amide bonds. The molecule has 3 aromatic rings. The molecule has 0 saturated carbocycles. The van der Waals surface area contributed by atoms with Crippen molar-refractivity contribution in [3.05, 3.63) is 40.5 Å². The molecule has 0 atom stereocenters. The van der Waals surface area contributed by atoms with Crippen molar-refractivity contribution in [1.82, 2.24) is 10.1 Å². The highest BCUT2D eigenvalue weighted by molar-refractivity contribution is 7.14. The summed E-state index contributed by atoms with van der Waals surface area (Å²) in [6, 6.07) is 1.60. The molecule has 2 heterocycles. The highest BCUT2D eigenvalue weighted by atomic mass is 32.1. The van der Waals surface area contributed by atoms with Crippen molar-refractivity contribution in [2.75, 3.05) is 5.73 Å². The van der Waals surface area contributed by atoms with Crippen LogP contribution in [0.4, 0.5) is 18.9 Å². The number of hydrogen-bond acceptors (Lipinski definition) is 5. The number of aromatic nitrogens is 2. The summed E-state index contributed by atoms with van der Waals surface area (Å²) in [5.41, 5.74) is 7.22. The van der Waals surface area contributed by atoms with E-state index in [0.29, 0.717) is 10.6 Å². The van der Waals surface area contributed by atoms with Gasteiger partial charge in [0.1, 0.15) is 4.88 Å². The molecule has 0 bridgehead atoms. The minimum Gasteiger partial charge on any atom is -0.397 e. The van der Waals surface area contributed by atoms with Crippen LogP contribution in [0.3, 0.4) is 0 Å². The molecule has 0 radical (unpaired) electrons. The van der Waals surface area contributed by atoms with Crippen molar-refractivity contribution in [2.24, 2.45) is 0 Å². The number of benzene rings is 1. The molecule has 0 unspecified atom stereocenters. The van der Waals surface area contributed by atoms with E-state index in [1.807, 2.05) is 12.3 Å². The molecular weight excluding hydrogens is 303 g/mol. The topological polar surface area (TPSA) is 64.9 Å². The lowest BCUT2D eigenvalue weighted by molar-refractivity contribution is 0.432. The number of nitrogen functional groups attached to an aromatic ring is 1. The number of thiophene rings is 1. The van der Waals surface area contributed by atoms with Crippen molar-refractivity contribution in [3.8, 4) is 22.2 Å². The largest absolute Gasteiger partial charge is 0.397 e. The maximum atomic E-state index is 13.2. The normalized spacial score (nSPS) is 11.0. The Hall–Kier alpha value is -2.35. The first-order chi connectivity index (χ1) is 9.97. The Kier molecular flexibility index (Phi) is 3.17. The van der Waals surface area contributed by atoms with Crippen LogP contribution in [-0.2, 0) is 0 Å². The molecule has 0 fully saturated rings. The van der Waals surface area contributed by atoms with Gasteiger partial charge in [-0.1, -0.05) is 5.16 Å². The first-order valence-electron chi connectivity index (χ1n) is 5.80. The molecule has 108 valence electrons. The van der Waals surface area contributed by atoms with E-state index in [4.69, 9.17) is 10.3 Å². The zero-order valence-corrected chi connectivity index (χ0v) is 11.5. The fraction of sp³-hybridized carbons (Fsp3) is 0.0769. The minimum atomic E-state index is -1.54. The highest BCUT2D eigenvalue weighted by Gasteiger charge is 2.18. The van der Waals surface area contributed by atoms with Crippen molar-refractivity contribution in [2.45, 2.75) is 6.92 Å². The first kappa shape index (κ1) is 13.6. The van der Waals surface area contributed by atoms with Gasteiger partial charge in [-0.05, 0) is 30.0 Å². The van der Waals surface area contributed by atoms with Crippen molar-refractivity contribution >= 4 is 17.0 Å². The number of halogens is 3. The van der Waals surface area contributed by atoms with Gasteiger partial charge in [-0.25, -0.2) is 13.2 Å². The van der Waals surface area contributed by atoms with Crippen LogP contribution < -0.4 is 5.73 Å². The van der Waals surface area contributed by atoms with E-state index in [9.17, 15) is 13.2 Å². The van der Waals surface area contributed by atoms with Gasteiger partial charge in [0.2, 0.25) is 5.82 Å². The van der Waals surface area contributed by atoms with Gasteiger partial charge in [0.05, 0.1) is 5.69 Å². The lowest BCUT2D eigenvalue weighted by atomic mass is 10.2. The molecule has 0 saturated heterocycles. The Bertz CT molecular complexity index is 805. The predicted octanol–water partition coefficient (Wildman–Crippen LogP) is 3.77. The Morgan fingerprint density at radius 1 is 1.19 bits per heavy atom. The Balaban J connectivity index is 2.05. The van der Waals surface area contributed by atoms with E-state index in [2.05, 4.69) is 10.1 Å². The average Bonchev–Trinajstić information content (AvgIpc) is 3.04. The van der Waals surface area contributed by atoms with Crippen molar-refractivity contribution in [3.63, 3.8) is 0 Å². The van der Waals surface area contributed by atoms with Gasteiger partial charge in [-0.15, -0.1) is 11.3 Å². The molecule has 3 rings (SSSR count). The second-order valence-corrected chi connectivity index (χ2v) is 5.22. The molecule has 1 aromatic carbocycles. The van der Waals surface area contributed by atoms with E-state index in [-0.39, 0.29) is 17.3 Å². The van der Waals surface area contributed by atoms with Crippen LogP contribution in [0.5, 0.6) is 0 Å². The zero-order valence-electron chi connectivity index (χ0n) is 10.7. The lowest BCUT2D eigenvalue weighted by Crippen LogP contribution is -1.92. The van der Waals surface area contributed by atoms with E-state index in [1.54, 1.807) is 0 Å². The standard InChI is InChI=1S/C13H8F3N3OS/c1-5-4-21-11(10(5)17)13-18-12(19-20-13)6-2-7(14)9(16)8(15)3-6/h2-4H,17H2,1H3. The van der Waals surface area contributed by atoms with E-state index in [0.717, 1.165) is 17.7 Å². The van der Waals surface area contributed by atoms with Crippen LogP contribution in [0.1, 0.15) is 5.56 Å². The van der Waals surface area contributed by atoms with Gasteiger partial charge in [0.15, 0.2) is 17.5 Å². The predicted molar refractivity (Wildman–Crippen MR) is 72.1 cm³/mol.